The molecule has 0 radical (unpaired) electrons. The molecule has 2 aromatic carbocycles. The van der Waals surface area contributed by atoms with E-state index in [1.54, 1.807) is 11.3 Å². The van der Waals surface area contributed by atoms with Crippen LogP contribution in [0.25, 0.3) is 42.6 Å². The van der Waals surface area contributed by atoms with Gasteiger partial charge in [0.05, 0.1) is 6.61 Å². The summed E-state index contributed by atoms with van der Waals surface area (Å²) in [5, 5.41) is 5.25. The maximum absolute atomic E-state index is 12.3. The lowest BCUT2D eigenvalue weighted by Gasteiger charge is -2.11. The van der Waals surface area contributed by atoms with E-state index in [0.717, 1.165) is 48.2 Å². The third kappa shape index (κ3) is 3.24. The van der Waals surface area contributed by atoms with Crippen molar-refractivity contribution in [3.63, 3.8) is 0 Å². The van der Waals surface area contributed by atoms with Crippen molar-refractivity contribution in [3.8, 4) is 21.6 Å². The Labute approximate surface area is 181 Å². The molecule has 4 nitrogen and oxygen atoms in total. The molecule has 6 heteroatoms. The number of carbonyl (C=O) groups excluding carboxylic acids is 1. The first-order valence-corrected chi connectivity index (χ1v) is 11.3. The summed E-state index contributed by atoms with van der Waals surface area (Å²) in [7, 11) is 0. The molecule has 0 fully saturated rings. The molecule has 0 saturated carbocycles. The van der Waals surface area contributed by atoms with E-state index in [4.69, 9.17) is 10.5 Å². The Morgan fingerprint density at radius 2 is 1.97 bits per heavy atom. The zero-order chi connectivity index (χ0) is 20.7. The van der Waals surface area contributed by atoms with Crippen molar-refractivity contribution in [3.05, 3.63) is 71.1 Å². The largest absolute Gasteiger partial charge is 0.462 e. The van der Waals surface area contributed by atoms with E-state index in [1.807, 2.05) is 43.5 Å². The van der Waals surface area contributed by atoms with Gasteiger partial charge in [0.2, 0.25) is 0 Å². The number of aromatic nitrogens is 1. The maximum Gasteiger partial charge on any atom is 0.348 e. The summed E-state index contributed by atoms with van der Waals surface area (Å²) in [6.07, 6.45) is 1.90. The van der Waals surface area contributed by atoms with E-state index in [1.165, 1.54) is 11.3 Å². The average Bonchev–Trinajstić information content (AvgIpc) is 3.42. The number of pyridine rings is 1. The molecular weight excluding hydrogens is 412 g/mol. The fourth-order valence-electron chi connectivity index (χ4n) is 3.63. The van der Waals surface area contributed by atoms with Crippen LogP contribution < -0.4 is 5.73 Å². The molecule has 0 unspecified atom stereocenters. The van der Waals surface area contributed by atoms with E-state index in [2.05, 4.69) is 34.6 Å². The van der Waals surface area contributed by atoms with Crippen LogP contribution in [-0.4, -0.2) is 17.6 Å². The van der Waals surface area contributed by atoms with Gasteiger partial charge in [0.1, 0.15) is 9.71 Å². The van der Waals surface area contributed by atoms with Crippen LogP contribution in [0.1, 0.15) is 16.6 Å². The minimum Gasteiger partial charge on any atom is -0.462 e. The third-order valence-electron chi connectivity index (χ3n) is 4.98. The van der Waals surface area contributed by atoms with Crippen LogP contribution in [0, 0.1) is 0 Å². The van der Waals surface area contributed by atoms with Crippen molar-refractivity contribution in [1.82, 2.24) is 4.98 Å². The molecule has 30 heavy (non-hydrogen) atoms. The molecule has 148 valence electrons. The minimum absolute atomic E-state index is 0.305. The lowest BCUT2D eigenvalue weighted by atomic mass is 9.96. The predicted octanol–water partition coefficient (Wildman–Crippen LogP) is 6.60. The summed E-state index contributed by atoms with van der Waals surface area (Å²) in [4.78, 5) is 19.5. The number of thiophene rings is 2. The van der Waals surface area contributed by atoms with Crippen molar-refractivity contribution in [2.75, 3.05) is 12.3 Å². The van der Waals surface area contributed by atoms with Crippen molar-refractivity contribution < 1.29 is 9.53 Å². The molecule has 0 bridgehead atoms. The van der Waals surface area contributed by atoms with Crippen LogP contribution in [0.15, 0.2) is 66.2 Å². The van der Waals surface area contributed by atoms with E-state index in [9.17, 15) is 4.79 Å². The Bertz CT molecular complexity index is 1390. The lowest BCUT2D eigenvalue weighted by molar-refractivity contribution is 0.0532. The number of nitrogens with two attached hydrogens (primary N) is 1. The smallest absolute Gasteiger partial charge is 0.348 e. The molecule has 0 aliphatic rings. The zero-order valence-electron chi connectivity index (χ0n) is 16.2. The van der Waals surface area contributed by atoms with Gasteiger partial charge in [0.15, 0.2) is 0 Å². The number of carbonyl (C=O) groups is 1. The third-order valence-corrected chi connectivity index (χ3v) is 6.89. The number of hydrogen-bond donors (Lipinski definition) is 1. The number of ether oxygens (including phenoxy) is 1. The van der Waals surface area contributed by atoms with Crippen LogP contribution in [0.3, 0.4) is 0 Å². The lowest BCUT2D eigenvalue weighted by Crippen LogP contribution is -2.01. The number of hydrogen-bond acceptors (Lipinski definition) is 6. The van der Waals surface area contributed by atoms with Crippen LogP contribution in [0.2, 0.25) is 0 Å². The van der Waals surface area contributed by atoms with Gasteiger partial charge in [0, 0.05) is 33.3 Å². The molecule has 0 spiro atoms. The quantitative estimate of drug-likeness (QED) is 0.257. The number of nitrogen functional groups attached to an aromatic ring is 1. The summed E-state index contributed by atoms with van der Waals surface area (Å²) in [5.74, 6) is -0.305. The van der Waals surface area contributed by atoms with Crippen LogP contribution >= 0.6 is 22.7 Å². The van der Waals surface area contributed by atoms with Gasteiger partial charge in [-0.15, -0.1) is 22.7 Å². The van der Waals surface area contributed by atoms with E-state index in [0.29, 0.717) is 11.5 Å². The van der Waals surface area contributed by atoms with E-state index in [-0.39, 0.29) is 5.97 Å². The number of fused-ring (bicyclic) bond motifs is 2. The van der Waals surface area contributed by atoms with Crippen molar-refractivity contribution in [2.45, 2.75) is 6.92 Å². The Morgan fingerprint density at radius 3 is 2.77 bits per heavy atom. The van der Waals surface area contributed by atoms with Gasteiger partial charge in [-0.2, -0.15) is 0 Å². The number of nitrogens with zero attached hydrogens (tertiary/aromatic N) is 1. The van der Waals surface area contributed by atoms with Crippen LogP contribution in [0.5, 0.6) is 0 Å². The van der Waals surface area contributed by atoms with Crippen LogP contribution in [-0.2, 0) is 4.74 Å². The van der Waals surface area contributed by atoms with Gasteiger partial charge < -0.3 is 10.5 Å². The average molecular weight is 431 g/mol. The number of benzene rings is 2. The summed E-state index contributed by atoms with van der Waals surface area (Å²) >= 11 is 3.04. The van der Waals surface area contributed by atoms with Crippen molar-refractivity contribution in [2.24, 2.45) is 0 Å². The summed E-state index contributed by atoms with van der Waals surface area (Å²) in [6, 6.07) is 18.3. The summed E-state index contributed by atoms with van der Waals surface area (Å²) in [6.45, 7) is 2.16. The van der Waals surface area contributed by atoms with Crippen molar-refractivity contribution in [1.29, 1.82) is 0 Å². The molecule has 3 aromatic heterocycles. The monoisotopic (exact) mass is 430 g/mol. The van der Waals surface area contributed by atoms with Gasteiger partial charge in [-0.05, 0) is 59.0 Å². The molecule has 5 aromatic rings. The fourth-order valence-corrected chi connectivity index (χ4v) is 5.33. The predicted molar refractivity (Wildman–Crippen MR) is 126 cm³/mol. The van der Waals surface area contributed by atoms with Gasteiger partial charge in [-0.3, -0.25) is 0 Å². The second-order valence-corrected chi connectivity index (χ2v) is 8.87. The summed E-state index contributed by atoms with van der Waals surface area (Å²) < 4.78 is 5.20. The molecule has 0 aliphatic heterocycles. The first-order valence-electron chi connectivity index (χ1n) is 9.57. The SMILES string of the molecule is CCOC(=O)c1cc2c(-c3cccs3)c(-c3ccc4ccc(N)cc4c3)cnc2s1. The van der Waals surface area contributed by atoms with E-state index >= 15 is 0 Å². The minimum atomic E-state index is -0.305. The molecule has 2 N–H and O–H groups in total. The molecule has 0 saturated heterocycles. The summed E-state index contributed by atoms with van der Waals surface area (Å²) in [5.41, 5.74) is 9.92. The molecule has 0 aliphatic carbocycles. The fraction of sp³-hybridized carbons (Fsp3) is 0.0833. The number of anilines is 1. The van der Waals surface area contributed by atoms with Gasteiger partial charge in [-0.25, -0.2) is 9.78 Å². The van der Waals surface area contributed by atoms with Crippen molar-refractivity contribution >= 4 is 55.3 Å². The van der Waals surface area contributed by atoms with Crippen LogP contribution in [0.4, 0.5) is 5.69 Å². The first kappa shape index (κ1) is 18.8. The Hall–Kier alpha value is -3.22. The molecular formula is C24H18N2O2S2. The molecule has 0 atom stereocenters. The van der Waals surface area contributed by atoms with E-state index < -0.39 is 0 Å². The normalized spacial score (nSPS) is 11.2. The standard InChI is InChI=1S/C24H18N2O2S2/c1-2-28-24(27)21-12-18-22(20-4-3-9-29-20)19(13-26-23(18)30-21)15-6-5-14-7-8-17(25)11-16(14)10-15/h3-13H,2,25H2,1H3. The highest BCUT2D eigenvalue weighted by Gasteiger charge is 2.19. The molecule has 3 heterocycles. The molecule has 5 rings (SSSR count). The highest BCUT2D eigenvalue weighted by atomic mass is 32.1. The van der Waals surface area contributed by atoms with Gasteiger partial charge in [0.25, 0.3) is 0 Å². The second-order valence-electron chi connectivity index (χ2n) is 6.90. The Kier molecular flexibility index (Phi) is 4.73. The first-order chi connectivity index (χ1) is 14.6. The Morgan fingerprint density at radius 1 is 1.10 bits per heavy atom. The number of rotatable bonds is 4. The highest BCUT2D eigenvalue weighted by Crippen LogP contribution is 2.42. The van der Waals surface area contributed by atoms with Gasteiger partial charge >= 0.3 is 5.97 Å². The maximum atomic E-state index is 12.3. The highest BCUT2D eigenvalue weighted by molar-refractivity contribution is 7.20. The zero-order valence-corrected chi connectivity index (χ0v) is 17.8. The van der Waals surface area contributed by atoms with Gasteiger partial charge in [-0.1, -0.05) is 24.3 Å². The molecule has 0 amide bonds. The number of esters is 1. The Balaban J connectivity index is 1.75. The topological polar surface area (TPSA) is 65.2 Å². The second kappa shape index (κ2) is 7.55.